The van der Waals surface area contributed by atoms with Crippen LogP contribution in [0.25, 0.3) is 10.8 Å². The van der Waals surface area contributed by atoms with Gasteiger partial charge < -0.3 is 15.9 Å². The zero-order valence-electron chi connectivity index (χ0n) is 9.88. The first-order chi connectivity index (χ1) is 8.47. The minimum atomic E-state index is -3.48. The topological polar surface area (TPSA) is 66.5 Å². The van der Waals surface area contributed by atoms with Gasteiger partial charge in [-0.15, -0.1) is 12.4 Å². The van der Waals surface area contributed by atoms with E-state index in [-0.39, 0.29) is 23.7 Å². The van der Waals surface area contributed by atoms with Gasteiger partial charge in [0.05, 0.1) is 0 Å². The summed E-state index contributed by atoms with van der Waals surface area (Å²) in [5.74, 6) is -3.78. The molecule has 0 radical (unpaired) electrons. The second-order valence-corrected chi connectivity index (χ2v) is 4.12. The van der Waals surface area contributed by atoms with E-state index in [1.165, 1.54) is 6.07 Å². The lowest BCUT2D eigenvalue weighted by Crippen LogP contribution is -2.36. The third kappa shape index (κ3) is 2.78. The van der Waals surface area contributed by atoms with Crippen LogP contribution < -0.4 is 5.73 Å². The number of nitrogens with two attached hydrogens (primary N) is 1. The van der Waals surface area contributed by atoms with Crippen molar-refractivity contribution >= 4 is 23.2 Å². The van der Waals surface area contributed by atoms with Crippen molar-refractivity contribution in [3.63, 3.8) is 0 Å². The van der Waals surface area contributed by atoms with Gasteiger partial charge >= 0.3 is 0 Å². The van der Waals surface area contributed by atoms with E-state index in [9.17, 15) is 13.9 Å². The van der Waals surface area contributed by atoms with Crippen molar-refractivity contribution < 1.29 is 19.0 Å². The van der Waals surface area contributed by atoms with Gasteiger partial charge in [-0.25, -0.2) is 8.78 Å². The Morgan fingerprint density at radius 2 is 1.79 bits per heavy atom. The number of fused-ring (bicyclic) bond motifs is 1. The highest BCUT2D eigenvalue weighted by Gasteiger charge is 2.39. The molecule has 0 aliphatic heterocycles. The number of halogens is 3. The van der Waals surface area contributed by atoms with Crippen LogP contribution in [0.1, 0.15) is 11.6 Å². The number of aliphatic hydroxyl groups excluding tert-OH is 1. The summed E-state index contributed by atoms with van der Waals surface area (Å²) in [5, 5.41) is 19.6. The molecule has 0 heterocycles. The number of phenolic OH excluding ortho intramolecular Hbond substituents is 1. The molecule has 0 unspecified atom stereocenters. The first-order valence-corrected chi connectivity index (χ1v) is 5.42. The minimum absolute atomic E-state index is 0. The molecule has 0 aliphatic carbocycles. The van der Waals surface area contributed by atoms with Gasteiger partial charge in [0.2, 0.25) is 0 Å². The van der Waals surface area contributed by atoms with Crippen LogP contribution in [-0.4, -0.2) is 22.7 Å². The summed E-state index contributed by atoms with van der Waals surface area (Å²) < 4.78 is 26.9. The lowest BCUT2D eigenvalue weighted by atomic mass is 9.94. The van der Waals surface area contributed by atoms with E-state index in [1.807, 2.05) is 0 Å². The molecule has 104 valence electrons. The molecule has 0 saturated carbocycles. The summed E-state index contributed by atoms with van der Waals surface area (Å²) in [7, 11) is 0. The average Bonchev–Trinajstić information content (AvgIpc) is 2.38. The highest BCUT2D eigenvalue weighted by atomic mass is 35.5. The standard InChI is InChI=1S/C13H13F2NO2.ClH/c14-13(15,7-17)12(16)11-9-4-2-1-3-8(9)5-6-10(11)18;/h1-6,12,17-18H,7,16H2;1H/t12-;/m1./s1. The fourth-order valence-electron chi connectivity index (χ4n) is 1.92. The van der Waals surface area contributed by atoms with E-state index in [1.54, 1.807) is 30.3 Å². The second kappa shape index (κ2) is 5.69. The van der Waals surface area contributed by atoms with Gasteiger partial charge in [0, 0.05) is 5.56 Å². The van der Waals surface area contributed by atoms with Crippen LogP contribution in [0, 0.1) is 0 Å². The Bertz CT molecular complexity index is 578. The Hall–Kier alpha value is -1.43. The largest absolute Gasteiger partial charge is 0.508 e. The highest BCUT2D eigenvalue weighted by molar-refractivity contribution is 5.88. The summed E-state index contributed by atoms with van der Waals surface area (Å²) in [6, 6.07) is 7.98. The van der Waals surface area contributed by atoms with Crippen molar-refractivity contribution in [1.82, 2.24) is 0 Å². The molecule has 0 saturated heterocycles. The predicted octanol–water partition coefficient (Wildman–Crippen LogP) is 2.59. The Kier molecular flexibility index (Phi) is 4.68. The predicted molar refractivity (Wildman–Crippen MR) is 71.8 cm³/mol. The number of benzene rings is 2. The zero-order chi connectivity index (χ0) is 13.3. The van der Waals surface area contributed by atoms with E-state index < -0.39 is 18.6 Å². The first-order valence-electron chi connectivity index (χ1n) is 5.42. The smallest absolute Gasteiger partial charge is 0.289 e. The molecule has 0 bridgehead atoms. The van der Waals surface area contributed by atoms with Gasteiger partial charge in [-0.05, 0) is 16.8 Å². The van der Waals surface area contributed by atoms with Gasteiger partial charge in [0.25, 0.3) is 5.92 Å². The summed E-state index contributed by atoms with van der Waals surface area (Å²) in [4.78, 5) is 0. The van der Waals surface area contributed by atoms with Gasteiger partial charge in [-0.1, -0.05) is 30.3 Å². The van der Waals surface area contributed by atoms with E-state index in [4.69, 9.17) is 10.8 Å². The van der Waals surface area contributed by atoms with Crippen LogP contribution in [0.15, 0.2) is 36.4 Å². The van der Waals surface area contributed by atoms with E-state index >= 15 is 0 Å². The van der Waals surface area contributed by atoms with Crippen molar-refractivity contribution in [3.05, 3.63) is 42.0 Å². The van der Waals surface area contributed by atoms with Crippen LogP contribution >= 0.6 is 12.4 Å². The maximum absolute atomic E-state index is 13.5. The SMILES string of the molecule is Cl.N[C@H](c1c(O)ccc2ccccc12)C(F)(F)CO. The third-order valence-corrected chi connectivity index (χ3v) is 2.92. The maximum Gasteiger partial charge on any atom is 0.289 e. The van der Waals surface area contributed by atoms with Crippen LogP contribution in [0.5, 0.6) is 5.75 Å². The van der Waals surface area contributed by atoms with Crippen molar-refractivity contribution in [1.29, 1.82) is 0 Å². The van der Waals surface area contributed by atoms with Gasteiger partial charge in [-0.3, -0.25) is 0 Å². The van der Waals surface area contributed by atoms with Crippen molar-refractivity contribution in [3.8, 4) is 5.75 Å². The summed E-state index contributed by atoms with van der Waals surface area (Å²) >= 11 is 0. The number of phenols is 1. The number of rotatable bonds is 3. The lowest BCUT2D eigenvalue weighted by molar-refractivity contribution is -0.0712. The molecule has 19 heavy (non-hydrogen) atoms. The number of aromatic hydroxyl groups is 1. The first kappa shape index (κ1) is 15.6. The minimum Gasteiger partial charge on any atom is -0.508 e. The second-order valence-electron chi connectivity index (χ2n) is 4.12. The van der Waals surface area contributed by atoms with Crippen molar-refractivity contribution in [2.24, 2.45) is 5.73 Å². The van der Waals surface area contributed by atoms with Crippen molar-refractivity contribution in [2.75, 3.05) is 6.61 Å². The van der Waals surface area contributed by atoms with Gasteiger partial charge in [-0.2, -0.15) is 0 Å². The monoisotopic (exact) mass is 289 g/mol. The average molecular weight is 290 g/mol. The molecule has 3 nitrogen and oxygen atoms in total. The maximum atomic E-state index is 13.5. The van der Waals surface area contributed by atoms with Crippen LogP contribution in [0.2, 0.25) is 0 Å². The van der Waals surface area contributed by atoms with E-state index in [0.29, 0.717) is 10.8 Å². The molecule has 0 aromatic heterocycles. The number of alkyl halides is 2. The zero-order valence-corrected chi connectivity index (χ0v) is 10.7. The molecule has 2 aromatic carbocycles. The number of hydrogen-bond acceptors (Lipinski definition) is 3. The molecule has 4 N–H and O–H groups in total. The molecule has 1 atom stereocenters. The van der Waals surface area contributed by atoms with Crippen molar-refractivity contribution in [2.45, 2.75) is 12.0 Å². The molecule has 0 amide bonds. The molecular formula is C13H14ClF2NO2. The third-order valence-electron chi connectivity index (χ3n) is 2.92. The van der Waals surface area contributed by atoms with Gasteiger partial charge in [0.1, 0.15) is 18.4 Å². The molecule has 0 aliphatic rings. The summed E-state index contributed by atoms with van der Waals surface area (Å²) in [6.07, 6.45) is 0. The summed E-state index contributed by atoms with van der Waals surface area (Å²) in [5.41, 5.74) is 5.43. The Morgan fingerprint density at radius 1 is 1.16 bits per heavy atom. The molecular weight excluding hydrogens is 276 g/mol. The Morgan fingerprint density at radius 3 is 2.42 bits per heavy atom. The summed E-state index contributed by atoms with van der Waals surface area (Å²) in [6.45, 7) is -1.36. The normalized spacial score (nSPS) is 13.1. The van der Waals surface area contributed by atoms with Crippen LogP contribution in [-0.2, 0) is 0 Å². The quantitative estimate of drug-likeness (QED) is 0.814. The fraction of sp³-hybridized carbons (Fsp3) is 0.231. The Balaban J connectivity index is 0.00000180. The Labute approximate surface area is 115 Å². The van der Waals surface area contributed by atoms with Crippen LogP contribution in [0.3, 0.4) is 0 Å². The van der Waals surface area contributed by atoms with Crippen LogP contribution in [0.4, 0.5) is 8.78 Å². The number of aliphatic hydroxyl groups is 1. The fourth-order valence-corrected chi connectivity index (χ4v) is 1.92. The molecule has 6 heteroatoms. The highest BCUT2D eigenvalue weighted by Crippen LogP contribution is 2.38. The van der Waals surface area contributed by atoms with E-state index in [0.717, 1.165) is 0 Å². The van der Waals surface area contributed by atoms with Gasteiger partial charge in [0.15, 0.2) is 0 Å². The number of hydrogen-bond donors (Lipinski definition) is 3. The van der Waals surface area contributed by atoms with E-state index in [2.05, 4.69) is 0 Å². The molecule has 2 rings (SSSR count). The molecule has 2 aromatic rings. The lowest BCUT2D eigenvalue weighted by Gasteiger charge is -2.23. The molecule has 0 spiro atoms. The molecule has 0 fully saturated rings.